The predicted octanol–water partition coefficient (Wildman–Crippen LogP) is 3.97. The summed E-state index contributed by atoms with van der Waals surface area (Å²) in [6, 6.07) is 8.11. The average molecular weight is 347 g/mol. The zero-order valence-corrected chi connectivity index (χ0v) is 15.0. The van der Waals surface area contributed by atoms with Gasteiger partial charge in [-0.2, -0.15) is 0 Å². The number of hydrogen-bond acceptors (Lipinski definition) is 3. The van der Waals surface area contributed by atoms with Crippen LogP contribution in [0.25, 0.3) is 10.9 Å². The summed E-state index contributed by atoms with van der Waals surface area (Å²) in [4.78, 5) is 19.1. The maximum atomic E-state index is 12.7. The zero-order valence-electron chi connectivity index (χ0n) is 14.2. The van der Waals surface area contributed by atoms with Gasteiger partial charge in [0.05, 0.1) is 12.1 Å². The van der Waals surface area contributed by atoms with Gasteiger partial charge >= 0.3 is 0 Å². The monoisotopic (exact) mass is 346 g/mol. The third kappa shape index (κ3) is 3.55. The van der Waals surface area contributed by atoms with Crippen LogP contribution in [0.2, 0.25) is 5.15 Å². The van der Waals surface area contributed by atoms with Crippen LogP contribution in [0, 0.1) is 12.8 Å². The smallest absolute Gasteiger partial charge is 0.226 e. The van der Waals surface area contributed by atoms with Crippen molar-refractivity contribution in [3.8, 4) is 0 Å². The van der Waals surface area contributed by atoms with E-state index < -0.39 is 0 Å². The molecule has 1 amide bonds. The molecule has 0 unspecified atom stereocenters. The Labute approximate surface area is 147 Å². The van der Waals surface area contributed by atoms with Crippen LogP contribution in [0.3, 0.4) is 0 Å². The number of halogens is 1. The Balaban J connectivity index is 1.86. The number of rotatable bonds is 6. The van der Waals surface area contributed by atoms with Gasteiger partial charge in [0.1, 0.15) is 5.15 Å². The second-order valence-electron chi connectivity index (χ2n) is 6.47. The van der Waals surface area contributed by atoms with Gasteiger partial charge in [-0.15, -0.1) is 0 Å². The summed E-state index contributed by atoms with van der Waals surface area (Å²) in [6.45, 7) is 3.61. The van der Waals surface area contributed by atoms with Crippen molar-refractivity contribution in [2.24, 2.45) is 5.92 Å². The molecular weight excluding hydrogens is 324 g/mol. The summed E-state index contributed by atoms with van der Waals surface area (Å²) in [5.41, 5.74) is 2.90. The number of hydrogen-bond donors (Lipinski definition) is 0. The molecular formula is C19H23ClN2O2. The lowest BCUT2D eigenvalue weighted by Crippen LogP contribution is -2.40. The number of nitrogens with zero attached hydrogens (tertiary/aromatic N) is 2. The summed E-state index contributed by atoms with van der Waals surface area (Å²) in [5, 5.41) is 1.53. The third-order valence-electron chi connectivity index (χ3n) is 4.77. The Morgan fingerprint density at radius 1 is 1.42 bits per heavy atom. The van der Waals surface area contributed by atoms with E-state index in [-0.39, 0.29) is 11.8 Å². The molecule has 1 aromatic carbocycles. The fourth-order valence-electron chi connectivity index (χ4n) is 3.07. The first-order chi connectivity index (χ1) is 11.6. The normalized spacial score (nSPS) is 14.6. The molecule has 1 heterocycles. The first kappa shape index (κ1) is 17.2. The number of aryl methyl sites for hydroxylation is 1. The van der Waals surface area contributed by atoms with Crippen molar-refractivity contribution < 1.29 is 9.53 Å². The Morgan fingerprint density at radius 2 is 2.21 bits per heavy atom. The molecule has 1 aromatic heterocycles. The van der Waals surface area contributed by atoms with Crippen LogP contribution in [0.1, 0.15) is 30.4 Å². The molecule has 2 aromatic rings. The molecule has 3 rings (SSSR count). The highest BCUT2D eigenvalue weighted by Crippen LogP contribution is 2.30. The summed E-state index contributed by atoms with van der Waals surface area (Å²) in [5.74, 6) is 0.370. The minimum atomic E-state index is 0.163. The van der Waals surface area contributed by atoms with E-state index in [4.69, 9.17) is 16.3 Å². The molecule has 0 bridgehead atoms. The predicted molar refractivity (Wildman–Crippen MR) is 96.1 cm³/mol. The molecule has 1 fully saturated rings. The number of benzene rings is 1. The Bertz CT molecular complexity index is 743. The molecule has 4 nitrogen and oxygen atoms in total. The largest absolute Gasteiger partial charge is 0.383 e. The summed E-state index contributed by atoms with van der Waals surface area (Å²) in [7, 11) is 1.65. The maximum absolute atomic E-state index is 12.7. The summed E-state index contributed by atoms with van der Waals surface area (Å²) in [6.07, 6.45) is 3.13. The zero-order chi connectivity index (χ0) is 17.1. The summed E-state index contributed by atoms with van der Waals surface area (Å²) >= 11 is 6.41. The second-order valence-corrected chi connectivity index (χ2v) is 6.82. The van der Waals surface area contributed by atoms with Crippen LogP contribution in [0.15, 0.2) is 24.3 Å². The van der Waals surface area contributed by atoms with Gasteiger partial charge in [0.25, 0.3) is 0 Å². The number of ether oxygens (including phenoxy) is 1. The van der Waals surface area contributed by atoms with E-state index in [1.165, 1.54) is 0 Å². The highest BCUT2D eigenvalue weighted by molar-refractivity contribution is 6.30. The van der Waals surface area contributed by atoms with Crippen LogP contribution in [0.5, 0.6) is 0 Å². The van der Waals surface area contributed by atoms with Crippen LogP contribution < -0.4 is 0 Å². The quantitative estimate of drug-likeness (QED) is 0.743. The standard InChI is InChI=1S/C19H23ClN2O2/c1-13-5-3-8-15-11-16(18(20)21-17(13)15)12-22(9-10-24-2)19(23)14-6-4-7-14/h3,5,8,11,14H,4,6-7,9-10,12H2,1-2H3. The van der Waals surface area contributed by atoms with Crippen molar-refractivity contribution in [1.82, 2.24) is 9.88 Å². The van der Waals surface area contributed by atoms with Crippen molar-refractivity contribution >= 4 is 28.4 Å². The molecule has 0 spiro atoms. The highest BCUT2D eigenvalue weighted by atomic mass is 35.5. The number of amides is 1. The molecule has 128 valence electrons. The Kier molecular flexibility index (Phi) is 5.36. The Morgan fingerprint density at radius 3 is 2.88 bits per heavy atom. The lowest BCUT2D eigenvalue weighted by molar-refractivity contribution is -0.139. The van der Waals surface area contributed by atoms with Gasteiger partial charge in [-0.05, 0) is 31.4 Å². The Hall–Kier alpha value is -1.65. The number of para-hydroxylation sites is 1. The fourth-order valence-corrected chi connectivity index (χ4v) is 3.27. The molecule has 1 saturated carbocycles. The minimum absolute atomic E-state index is 0.163. The minimum Gasteiger partial charge on any atom is -0.383 e. The van der Waals surface area contributed by atoms with Gasteiger partial charge in [0.15, 0.2) is 0 Å². The molecule has 0 aliphatic heterocycles. The number of aromatic nitrogens is 1. The number of pyridine rings is 1. The lowest BCUT2D eigenvalue weighted by atomic mass is 9.84. The maximum Gasteiger partial charge on any atom is 0.226 e. The molecule has 0 radical (unpaired) electrons. The van der Waals surface area contributed by atoms with E-state index in [9.17, 15) is 4.79 Å². The highest BCUT2D eigenvalue weighted by Gasteiger charge is 2.29. The van der Waals surface area contributed by atoms with Crippen molar-refractivity contribution in [2.45, 2.75) is 32.7 Å². The fraction of sp³-hybridized carbons (Fsp3) is 0.474. The van der Waals surface area contributed by atoms with Crippen LogP contribution >= 0.6 is 11.6 Å². The van der Waals surface area contributed by atoms with E-state index in [0.717, 1.165) is 41.3 Å². The van der Waals surface area contributed by atoms with E-state index in [2.05, 4.69) is 4.98 Å². The topological polar surface area (TPSA) is 42.4 Å². The van der Waals surface area contributed by atoms with Gasteiger partial charge < -0.3 is 9.64 Å². The van der Waals surface area contributed by atoms with Gasteiger partial charge in [-0.3, -0.25) is 4.79 Å². The third-order valence-corrected chi connectivity index (χ3v) is 5.09. The SMILES string of the molecule is COCCN(Cc1cc2cccc(C)c2nc1Cl)C(=O)C1CCC1. The molecule has 1 aliphatic rings. The van der Waals surface area contributed by atoms with Crippen LogP contribution in [-0.4, -0.2) is 36.1 Å². The number of carbonyl (C=O) groups is 1. The van der Waals surface area contributed by atoms with Crippen molar-refractivity contribution in [3.63, 3.8) is 0 Å². The molecule has 24 heavy (non-hydrogen) atoms. The molecule has 5 heteroatoms. The van der Waals surface area contributed by atoms with Crippen molar-refractivity contribution in [2.75, 3.05) is 20.3 Å². The molecule has 0 saturated heterocycles. The first-order valence-electron chi connectivity index (χ1n) is 8.42. The van der Waals surface area contributed by atoms with Crippen molar-refractivity contribution in [1.29, 1.82) is 0 Å². The van der Waals surface area contributed by atoms with Gasteiger partial charge in [0, 0.05) is 37.1 Å². The van der Waals surface area contributed by atoms with E-state index in [1.807, 2.05) is 36.1 Å². The lowest BCUT2D eigenvalue weighted by Gasteiger charge is -2.31. The van der Waals surface area contributed by atoms with Crippen molar-refractivity contribution in [3.05, 3.63) is 40.5 Å². The van der Waals surface area contributed by atoms with Gasteiger partial charge in [0.2, 0.25) is 5.91 Å². The van der Waals surface area contributed by atoms with Gasteiger partial charge in [-0.1, -0.05) is 36.2 Å². The second kappa shape index (κ2) is 7.49. The molecule has 1 aliphatic carbocycles. The molecule has 0 atom stereocenters. The van der Waals surface area contributed by atoms with Crippen LogP contribution in [0.4, 0.5) is 0 Å². The van der Waals surface area contributed by atoms with E-state index in [1.54, 1.807) is 7.11 Å². The summed E-state index contributed by atoms with van der Waals surface area (Å²) < 4.78 is 5.17. The van der Waals surface area contributed by atoms with Crippen LogP contribution in [-0.2, 0) is 16.1 Å². The van der Waals surface area contributed by atoms with Gasteiger partial charge in [-0.25, -0.2) is 4.98 Å². The van der Waals surface area contributed by atoms with E-state index in [0.29, 0.717) is 24.8 Å². The number of methoxy groups -OCH3 is 1. The average Bonchev–Trinajstić information content (AvgIpc) is 2.51. The first-order valence-corrected chi connectivity index (χ1v) is 8.80. The molecule has 0 N–H and O–H groups in total. The number of carbonyl (C=O) groups excluding carboxylic acids is 1. The van der Waals surface area contributed by atoms with E-state index >= 15 is 0 Å². The number of fused-ring (bicyclic) bond motifs is 1.